The number of benzene rings is 1. The van der Waals surface area contributed by atoms with Crippen molar-refractivity contribution >= 4 is 17.8 Å². The zero-order chi connectivity index (χ0) is 16.5. The molecule has 116 valence electrons. The highest BCUT2D eigenvalue weighted by molar-refractivity contribution is 5.99. The highest BCUT2D eigenvalue weighted by atomic mass is 16.5. The molecule has 1 amide bonds. The fourth-order valence-electron chi connectivity index (χ4n) is 1.81. The van der Waals surface area contributed by atoms with E-state index in [2.05, 4.69) is 16.0 Å². The summed E-state index contributed by atoms with van der Waals surface area (Å²) in [6.07, 6.45) is 6.29. The van der Waals surface area contributed by atoms with Gasteiger partial charge in [-0.25, -0.2) is 9.59 Å². The molecule has 6 heteroatoms. The molecule has 1 aromatic carbocycles. The molecular formula is C16H17NO5. The van der Waals surface area contributed by atoms with E-state index in [0.29, 0.717) is 12.8 Å². The Labute approximate surface area is 128 Å². The Bertz CT molecular complexity index is 603. The number of hydrogen-bond acceptors (Lipinski definition) is 4. The summed E-state index contributed by atoms with van der Waals surface area (Å²) in [6.45, 7) is 0. The molecule has 1 atom stereocenters. The van der Waals surface area contributed by atoms with Crippen LogP contribution in [0.3, 0.4) is 0 Å². The normalized spacial score (nSPS) is 11.1. The summed E-state index contributed by atoms with van der Waals surface area (Å²) < 4.78 is 4.57. The summed E-state index contributed by atoms with van der Waals surface area (Å²) in [5, 5.41) is 11.5. The van der Waals surface area contributed by atoms with Crippen LogP contribution in [0.5, 0.6) is 0 Å². The lowest BCUT2D eigenvalue weighted by atomic mass is 10.1. The number of esters is 1. The van der Waals surface area contributed by atoms with E-state index in [1.807, 2.05) is 0 Å². The highest BCUT2D eigenvalue weighted by Gasteiger charge is 2.20. The molecule has 1 aromatic rings. The molecule has 6 nitrogen and oxygen atoms in total. The van der Waals surface area contributed by atoms with Gasteiger partial charge in [-0.1, -0.05) is 6.07 Å². The molecule has 0 bridgehead atoms. The molecule has 0 aliphatic heterocycles. The van der Waals surface area contributed by atoms with Crippen molar-refractivity contribution in [3.8, 4) is 12.3 Å². The molecule has 0 aromatic heterocycles. The number of carbonyl (C=O) groups excluding carboxylic acids is 2. The molecule has 0 unspecified atom stereocenters. The van der Waals surface area contributed by atoms with Crippen LogP contribution in [0.25, 0.3) is 0 Å². The van der Waals surface area contributed by atoms with Gasteiger partial charge in [0.2, 0.25) is 0 Å². The number of carbonyl (C=O) groups is 3. The van der Waals surface area contributed by atoms with Crippen molar-refractivity contribution in [1.29, 1.82) is 0 Å². The van der Waals surface area contributed by atoms with Crippen LogP contribution in [0.15, 0.2) is 24.3 Å². The van der Waals surface area contributed by atoms with Crippen molar-refractivity contribution in [3.63, 3.8) is 0 Å². The topological polar surface area (TPSA) is 92.7 Å². The number of ether oxygens (including phenoxy) is 1. The molecule has 2 N–H and O–H groups in total. The maximum atomic E-state index is 12.1. The molecule has 1 rings (SSSR count). The van der Waals surface area contributed by atoms with Crippen LogP contribution in [-0.4, -0.2) is 36.1 Å². The van der Waals surface area contributed by atoms with Crippen LogP contribution < -0.4 is 5.32 Å². The molecule has 0 fully saturated rings. The fraction of sp³-hybridized carbons (Fsp3) is 0.312. The average molecular weight is 303 g/mol. The first-order chi connectivity index (χ1) is 10.5. The Kier molecular flexibility index (Phi) is 6.64. The number of aliphatic carboxylic acids is 1. The summed E-state index contributed by atoms with van der Waals surface area (Å²) >= 11 is 0. The van der Waals surface area contributed by atoms with E-state index in [1.54, 1.807) is 0 Å². The maximum absolute atomic E-state index is 12.1. The fourth-order valence-corrected chi connectivity index (χ4v) is 1.81. The number of carboxylic acids is 1. The van der Waals surface area contributed by atoms with E-state index in [1.165, 1.54) is 31.4 Å². The Balaban J connectivity index is 2.79. The number of amides is 1. The number of unbranched alkanes of at least 4 members (excludes halogenated alkanes) is 1. The number of hydrogen-bond donors (Lipinski definition) is 2. The average Bonchev–Trinajstić information content (AvgIpc) is 2.53. The van der Waals surface area contributed by atoms with Gasteiger partial charge in [0.05, 0.1) is 12.7 Å². The molecule has 0 saturated carbocycles. The van der Waals surface area contributed by atoms with Gasteiger partial charge >= 0.3 is 11.9 Å². The predicted molar refractivity (Wildman–Crippen MR) is 79.4 cm³/mol. The second kappa shape index (κ2) is 8.47. The van der Waals surface area contributed by atoms with Crippen LogP contribution in [0.4, 0.5) is 0 Å². The molecule has 0 spiro atoms. The minimum atomic E-state index is -1.13. The van der Waals surface area contributed by atoms with Gasteiger partial charge < -0.3 is 15.2 Å². The number of carboxylic acid groups (broad SMARTS) is 1. The van der Waals surface area contributed by atoms with Crippen molar-refractivity contribution < 1.29 is 24.2 Å². The lowest BCUT2D eigenvalue weighted by molar-refractivity contribution is -0.139. The molecule has 0 radical (unpaired) electrons. The zero-order valence-electron chi connectivity index (χ0n) is 12.2. The van der Waals surface area contributed by atoms with Crippen LogP contribution in [0.1, 0.15) is 40.0 Å². The molecule has 0 aliphatic carbocycles. The van der Waals surface area contributed by atoms with Gasteiger partial charge in [0.1, 0.15) is 6.04 Å². The van der Waals surface area contributed by atoms with Gasteiger partial charge in [-0.2, -0.15) is 0 Å². The third-order valence-electron chi connectivity index (χ3n) is 2.96. The van der Waals surface area contributed by atoms with Crippen LogP contribution >= 0.6 is 0 Å². The molecule has 22 heavy (non-hydrogen) atoms. The Morgan fingerprint density at radius 1 is 1.36 bits per heavy atom. The van der Waals surface area contributed by atoms with E-state index >= 15 is 0 Å². The van der Waals surface area contributed by atoms with E-state index in [0.717, 1.165) is 0 Å². The summed E-state index contributed by atoms with van der Waals surface area (Å²) in [6, 6.07) is 4.84. The second-order valence-electron chi connectivity index (χ2n) is 4.53. The first-order valence-corrected chi connectivity index (χ1v) is 6.65. The monoisotopic (exact) mass is 303 g/mol. The summed E-state index contributed by atoms with van der Waals surface area (Å²) in [5.74, 6) is 0.145. The van der Waals surface area contributed by atoms with Crippen LogP contribution in [-0.2, 0) is 9.53 Å². The van der Waals surface area contributed by atoms with Crippen molar-refractivity contribution in [1.82, 2.24) is 5.32 Å². The van der Waals surface area contributed by atoms with Gasteiger partial charge in [-0.3, -0.25) is 4.79 Å². The van der Waals surface area contributed by atoms with Crippen molar-refractivity contribution in [2.45, 2.75) is 25.3 Å². The SMILES string of the molecule is C#CCCC[C@H](NC(=O)c1cccc(C(=O)OC)c1)C(=O)O. The minimum absolute atomic E-state index is 0.186. The Hall–Kier alpha value is -2.81. The van der Waals surface area contributed by atoms with Crippen molar-refractivity contribution in [2.24, 2.45) is 0 Å². The maximum Gasteiger partial charge on any atom is 0.337 e. The number of rotatable bonds is 7. The third kappa shape index (κ3) is 4.94. The van der Waals surface area contributed by atoms with Gasteiger partial charge in [-0.15, -0.1) is 12.3 Å². The largest absolute Gasteiger partial charge is 0.480 e. The van der Waals surface area contributed by atoms with E-state index in [-0.39, 0.29) is 17.5 Å². The van der Waals surface area contributed by atoms with Gasteiger partial charge in [0.15, 0.2) is 0 Å². The van der Waals surface area contributed by atoms with Gasteiger partial charge in [0.25, 0.3) is 5.91 Å². The van der Waals surface area contributed by atoms with Crippen LogP contribution in [0, 0.1) is 12.3 Å². The van der Waals surface area contributed by atoms with Gasteiger partial charge in [0, 0.05) is 12.0 Å². The number of terminal acetylenes is 1. The van der Waals surface area contributed by atoms with E-state index < -0.39 is 23.9 Å². The lowest BCUT2D eigenvalue weighted by Crippen LogP contribution is -2.40. The molecule has 0 heterocycles. The summed E-state index contributed by atoms with van der Waals surface area (Å²) in [4.78, 5) is 34.7. The zero-order valence-corrected chi connectivity index (χ0v) is 12.2. The molecular weight excluding hydrogens is 286 g/mol. The van der Waals surface area contributed by atoms with Gasteiger partial charge in [-0.05, 0) is 31.0 Å². The van der Waals surface area contributed by atoms with Crippen molar-refractivity contribution in [2.75, 3.05) is 7.11 Å². The van der Waals surface area contributed by atoms with Crippen LogP contribution in [0.2, 0.25) is 0 Å². The number of methoxy groups -OCH3 is 1. The first-order valence-electron chi connectivity index (χ1n) is 6.65. The second-order valence-corrected chi connectivity index (χ2v) is 4.53. The molecule has 0 saturated heterocycles. The smallest absolute Gasteiger partial charge is 0.337 e. The first kappa shape index (κ1) is 17.2. The summed E-state index contributed by atoms with van der Waals surface area (Å²) in [5.41, 5.74) is 0.403. The predicted octanol–water partition coefficient (Wildman–Crippen LogP) is 1.46. The van der Waals surface area contributed by atoms with E-state index in [9.17, 15) is 14.4 Å². The Morgan fingerprint density at radius 3 is 2.64 bits per heavy atom. The minimum Gasteiger partial charge on any atom is -0.480 e. The lowest BCUT2D eigenvalue weighted by Gasteiger charge is -2.14. The highest BCUT2D eigenvalue weighted by Crippen LogP contribution is 2.08. The Morgan fingerprint density at radius 2 is 2.05 bits per heavy atom. The summed E-state index contributed by atoms with van der Waals surface area (Å²) in [7, 11) is 1.24. The molecule has 0 aliphatic rings. The van der Waals surface area contributed by atoms with E-state index in [4.69, 9.17) is 11.5 Å². The third-order valence-corrected chi connectivity index (χ3v) is 2.96. The quantitative estimate of drug-likeness (QED) is 0.452. The standard InChI is InChI=1S/C16H17NO5/c1-3-4-5-9-13(15(19)20)17-14(18)11-7-6-8-12(10-11)16(21)22-2/h1,6-8,10,13H,4-5,9H2,2H3,(H,17,18)(H,19,20)/t13-/m0/s1. The number of nitrogens with one attached hydrogen (secondary N) is 1. The van der Waals surface area contributed by atoms with Crippen molar-refractivity contribution in [3.05, 3.63) is 35.4 Å².